The van der Waals surface area contributed by atoms with Crippen molar-refractivity contribution in [1.29, 1.82) is 0 Å². The Balaban J connectivity index is 1.66. The summed E-state index contributed by atoms with van der Waals surface area (Å²) in [5.74, 6) is 0.307. The lowest BCUT2D eigenvalue weighted by atomic mass is 9.73. The number of imide groups is 1. The van der Waals surface area contributed by atoms with Gasteiger partial charge in [0, 0.05) is 18.2 Å². The zero-order chi connectivity index (χ0) is 20.1. The van der Waals surface area contributed by atoms with E-state index in [9.17, 15) is 14.4 Å². The van der Waals surface area contributed by atoms with Gasteiger partial charge in [-0.1, -0.05) is 19.3 Å². The molecule has 0 radical (unpaired) electrons. The first-order chi connectivity index (χ1) is 13.5. The summed E-state index contributed by atoms with van der Waals surface area (Å²) in [5.41, 5.74) is -0.0416. The molecule has 1 saturated heterocycles. The average Bonchev–Trinajstić information content (AvgIpc) is 2.89. The van der Waals surface area contributed by atoms with Gasteiger partial charge in [-0.25, -0.2) is 0 Å². The van der Waals surface area contributed by atoms with Crippen molar-refractivity contribution >= 4 is 23.4 Å². The van der Waals surface area contributed by atoms with Crippen LogP contribution in [0.15, 0.2) is 18.2 Å². The number of nitrogens with zero attached hydrogens (tertiary/aromatic N) is 1. The zero-order valence-corrected chi connectivity index (χ0v) is 16.6. The van der Waals surface area contributed by atoms with Gasteiger partial charge in [-0.3, -0.25) is 19.3 Å². The SMILES string of the molecule is CCOc1ccc(NC(=O)CN2C(=O)CC3(CCCCC3)C2=O)cc1OCC. The number of carbonyl (C=O) groups is 3. The second-order valence-corrected chi connectivity index (χ2v) is 7.38. The molecule has 1 aromatic carbocycles. The van der Waals surface area contributed by atoms with Crippen molar-refractivity contribution in [3.8, 4) is 11.5 Å². The molecule has 3 rings (SSSR count). The fourth-order valence-electron chi connectivity index (χ4n) is 4.11. The van der Waals surface area contributed by atoms with Gasteiger partial charge in [0.15, 0.2) is 11.5 Å². The van der Waals surface area contributed by atoms with Crippen molar-refractivity contribution in [1.82, 2.24) is 4.90 Å². The van der Waals surface area contributed by atoms with Crippen LogP contribution >= 0.6 is 0 Å². The van der Waals surface area contributed by atoms with Gasteiger partial charge in [0.05, 0.1) is 18.6 Å². The van der Waals surface area contributed by atoms with E-state index in [2.05, 4.69) is 5.32 Å². The second kappa shape index (κ2) is 8.63. The van der Waals surface area contributed by atoms with Crippen LogP contribution < -0.4 is 14.8 Å². The molecule has 1 saturated carbocycles. The van der Waals surface area contributed by atoms with Crippen molar-refractivity contribution in [3.63, 3.8) is 0 Å². The Morgan fingerprint density at radius 2 is 1.75 bits per heavy atom. The van der Waals surface area contributed by atoms with Gasteiger partial charge >= 0.3 is 0 Å². The number of benzene rings is 1. The van der Waals surface area contributed by atoms with Gasteiger partial charge in [0.1, 0.15) is 6.54 Å². The quantitative estimate of drug-likeness (QED) is 0.726. The lowest BCUT2D eigenvalue weighted by Gasteiger charge is -2.30. The molecule has 1 spiro atoms. The van der Waals surface area contributed by atoms with Crippen molar-refractivity contribution in [2.75, 3.05) is 25.1 Å². The molecule has 0 unspecified atom stereocenters. The van der Waals surface area contributed by atoms with E-state index in [0.29, 0.717) is 30.4 Å². The van der Waals surface area contributed by atoms with Crippen LogP contribution in [0, 0.1) is 5.41 Å². The molecule has 7 heteroatoms. The summed E-state index contributed by atoms with van der Waals surface area (Å²) < 4.78 is 11.1. The first kappa shape index (κ1) is 20.2. The fraction of sp³-hybridized carbons (Fsp3) is 0.571. The van der Waals surface area contributed by atoms with Gasteiger partial charge < -0.3 is 14.8 Å². The van der Waals surface area contributed by atoms with Gasteiger partial charge in [0.25, 0.3) is 0 Å². The molecule has 1 N–H and O–H groups in total. The predicted octanol–water partition coefficient (Wildman–Crippen LogP) is 3.13. The smallest absolute Gasteiger partial charge is 0.244 e. The van der Waals surface area contributed by atoms with Crippen LogP contribution in [0.4, 0.5) is 5.69 Å². The minimum Gasteiger partial charge on any atom is -0.490 e. The number of nitrogens with one attached hydrogen (secondary N) is 1. The Labute approximate surface area is 165 Å². The highest BCUT2D eigenvalue weighted by Gasteiger charge is 2.51. The molecule has 2 aliphatic rings. The van der Waals surface area contributed by atoms with Gasteiger partial charge in [-0.15, -0.1) is 0 Å². The predicted molar refractivity (Wildman–Crippen MR) is 104 cm³/mol. The maximum atomic E-state index is 12.8. The molecule has 28 heavy (non-hydrogen) atoms. The molecule has 1 aromatic rings. The summed E-state index contributed by atoms with van der Waals surface area (Å²) in [6, 6.07) is 5.12. The zero-order valence-electron chi connectivity index (χ0n) is 16.6. The summed E-state index contributed by atoms with van der Waals surface area (Å²) in [6.45, 7) is 4.47. The third-order valence-electron chi connectivity index (χ3n) is 5.43. The fourth-order valence-corrected chi connectivity index (χ4v) is 4.11. The van der Waals surface area contributed by atoms with Crippen LogP contribution in [0.1, 0.15) is 52.4 Å². The Morgan fingerprint density at radius 3 is 2.43 bits per heavy atom. The van der Waals surface area contributed by atoms with Crippen LogP contribution in [-0.2, 0) is 14.4 Å². The third kappa shape index (κ3) is 4.13. The Kier molecular flexibility index (Phi) is 6.21. The highest BCUT2D eigenvalue weighted by atomic mass is 16.5. The summed E-state index contributed by atoms with van der Waals surface area (Å²) in [5, 5.41) is 2.75. The van der Waals surface area contributed by atoms with Crippen molar-refractivity contribution < 1.29 is 23.9 Å². The number of anilines is 1. The van der Waals surface area contributed by atoms with Crippen LogP contribution in [0.3, 0.4) is 0 Å². The average molecular weight is 388 g/mol. The highest BCUT2D eigenvalue weighted by molar-refractivity contribution is 6.09. The number of hydrogen-bond acceptors (Lipinski definition) is 5. The number of amides is 3. The van der Waals surface area contributed by atoms with Crippen LogP contribution in [0.25, 0.3) is 0 Å². The summed E-state index contributed by atoms with van der Waals surface area (Å²) >= 11 is 0. The Bertz CT molecular complexity index is 755. The van der Waals surface area contributed by atoms with Gasteiger partial charge in [-0.2, -0.15) is 0 Å². The second-order valence-electron chi connectivity index (χ2n) is 7.38. The summed E-state index contributed by atoms with van der Waals surface area (Å²) in [7, 11) is 0. The number of rotatable bonds is 7. The number of hydrogen-bond donors (Lipinski definition) is 1. The van der Waals surface area contributed by atoms with E-state index in [4.69, 9.17) is 9.47 Å². The van der Waals surface area contributed by atoms with Gasteiger partial charge in [-0.05, 0) is 38.8 Å². The third-order valence-corrected chi connectivity index (χ3v) is 5.43. The highest BCUT2D eigenvalue weighted by Crippen LogP contribution is 2.45. The molecule has 1 aliphatic carbocycles. The molecule has 0 bridgehead atoms. The molecule has 0 aromatic heterocycles. The van der Waals surface area contributed by atoms with Crippen molar-refractivity contribution in [2.45, 2.75) is 52.4 Å². The van der Waals surface area contributed by atoms with E-state index in [1.54, 1.807) is 18.2 Å². The number of carbonyl (C=O) groups excluding carboxylic acids is 3. The lowest BCUT2D eigenvalue weighted by molar-refractivity contribution is -0.144. The molecule has 0 atom stereocenters. The summed E-state index contributed by atoms with van der Waals surface area (Å²) in [4.78, 5) is 38.8. The topological polar surface area (TPSA) is 84.9 Å². The Morgan fingerprint density at radius 1 is 1.07 bits per heavy atom. The number of ether oxygens (including phenoxy) is 2. The molecular formula is C21H28N2O5. The maximum absolute atomic E-state index is 12.8. The largest absolute Gasteiger partial charge is 0.490 e. The van der Waals surface area contributed by atoms with Crippen molar-refractivity contribution in [2.24, 2.45) is 5.41 Å². The minimum atomic E-state index is -0.573. The molecule has 7 nitrogen and oxygen atoms in total. The molecule has 152 valence electrons. The van der Waals surface area contributed by atoms with Gasteiger partial charge in [0.2, 0.25) is 17.7 Å². The molecular weight excluding hydrogens is 360 g/mol. The molecule has 1 aliphatic heterocycles. The van der Waals surface area contributed by atoms with Crippen LogP contribution in [0.2, 0.25) is 0 Å². The monoisotopic (exact) mass is 388 g/mol. The van der Waals surface area contributed by atoms with E-state index < -0.39 is 11.3 Å². The van der Waals surface area contributed by atoms with E-state index in [1.807, 2.05) is 13.8 Å². The normalized spacial score (nSPS) is 18.4. The summed E-state index contributed by atoms with van der Waals surface area (Å²) in [6.07, 6.45) is 4.75. The first-order valence-electron chi connectivity index (χ1n) is 10.0. The minimum absolute atomic E-state index is 0.186. The first-order valence-corrected chi connectivity index (χ1v) is 10.0. The Hall–Kier alpha value is -2.57. The van der Waals surface area contributed by atoms with Crippen LogP contribution in [0.5, 0.6) is 11.5 Å². The lowest BCUT2D eigenvalue weighted by Crippen LogP contribution is -2.41. The molecule has 1 heterocycles. The van der Waals surface area contributed by atoms with E-state index in [-0.39, 0.29) is 24.8 Å². The maximum Gasteiger partial charge on any atom is 0.244 e. The van der Waals surface area contributed by atoms with E-state index >= 15 is 0 Å². The van der Waals surface area contributed by atoms with Crippen molar-refractivity contribution in [3.05, 3.63) is 18.2 Å². The molecule has 2 fully saturated rings. The standard InChI is InChI=1S/C21H28N2O5/c1-3-27-16-9-8-15(12-17(16)28-4-2)22-18(24)14-23-19(25)13-21(20(23)26)10-6-5-7-11-21/h8-9,12H,3-7,10-11,13-14H2,1-2H3,(H,22,24). The van der Waals surface area contributed by atoms with E-state index in [1.165, 1.54) is 0 Å². The van der Waals surface area contributed by atoms with E-state index in [0.717, 1.165) is 37.0 Å². The van der Waals surface area contributed by atoms with Crippen LogP contribution in [-0.4, -0.2) is 42.4 Å². The number of likely N-dealkylation sites (tertiary alicyclic amines) is 1. The molecule has 3 amide bonds.